The van der Waals surface area contributed by atoms with E-state index in [1.165, 1.54) is 5.56 Å². The molecular formula is C10H13ClN4. The summed E-state index contributed by atoms with van der Waals surface area (Å²) in [7, 11) is 0. The minimum absolute atomic E-state index is 0. The van der Waals surface area contributed by atoms with Crippen molar-refractivity contribution in [2.45, 2.75) is 13.1 Å². The fourth-order valence-electron chi connectivity index (χ4n) is 1.30. The minimum atomic E-state index is 0. The molecule has 2 aromatic heterocycles. The monoisotopic (exact) mass is 224 g/mol. The molecule has 0 aliphatic carbocycles. The van der Waals surface area contributed by atoms with E-state index in [1.807, 2.05) is 22.9 Å². The first-order valence-corrected chi connectivity index (χ1v) is 4.48. The first-order valence-electron chi connectivity index (χ1n) is 4.48. The molecule has 0 bridgehead atoms. The van der Waals surface area contributed by atoms with E-state index in [-0.39, 0.29) is 12.4 Å². The first kappa shape index (κ1) is 11.7. The SMILES string of the molecule is Cl.NCc1cn(Cc2ccncc2)cn1. The molecule has 0 aromatic carbocycles. The highest BCUT2D eigenvalue weighted by Crippen LogP contribution is 2.02. The van der Waals surface area contributed by atoms with Gasteiger partial charge < -0.3 is 10.3 Å². The number of nitrogens with two attached hydrogens (primary N) is 1. The molecule has 5 heteroatoms. The molecule has 0 radical (unpaired) electrons. The van der Waals surface area contributed by atoms with E-state index in [0.29, 0.717) is 6.54 Å². The average molecular weight is 225 g/mol. The van der Waals surface area contributed by atoms with Gasteiger partial charge in [-0.2, -0.15) is 0 Å². The normalized spacial score (nSPS) is 9.67. The highest BCUT2D eigenvalue weighted by Gasteiger charge is 1.97. The van der Waals surface area contributed by atoms with Crippen LogP contribution in [0.4, 0.5) is 0 Å². The summed E-state index contributed by atoms with van der Waals surface area (Å²) in [5.74, 6) is 0. The molecule has 2 heterocycles. The third-order valence-electron chi connectivity index (χ3n) is 2.01. The summed E-state index contributed by atoms with van der Waals surface area (Å²) in [6.07, 6.45) is 7.33. The van der Waals surface area contributed by atoms with Gasteiger partial charge in [0.25, 0.3) is 0 Å². The number of halogens is 1. The van der Waals surface area contributed by atoms with Crippen LogP contribution in [-0.4, -0.2) is 14.5 Å². The zero-order valence-electron chi connectivity index (χ0n) is 8.21. The Balaban J connectivity index is 0.00000112. The van der Waals surface area contributed by atoms with Crippen molar-refractivity contribution < 1.29 is 0 Å². The standard InChI is InChI=1S/C10H12N4.ClH/c11-5-10-7-14(8-13-10)6-9-1-3-12-4-2-9;/h1-4,7-8H,5-6,11H2;1H. The topological polar surface area (TPSA) is 56.7 Å². The van der Waals surface area contributed by atoms with Crippen molar-refractivity contribution in [2.24, 2.45) is 5.73 Å². The highest BCUT2D eigenvalue weighted by molar-refractivity contribution is 5.85. The number of nitrogens with zero attached hydrogens (tertiary/aromatic N) is 3. The van der Waals surface area contributed by atoms with Gasteiger partial charge in [0.15, 0.2) is 0 Å². The van der Waals surface area contributed by atoms with Gasteiger partial charge >= 0.3 is 0 Å². The molecule has 0 amide bonds. The number of rotatable bonds is 3. The van der Waals surface area contributed by atoms with Gasteiger partial charge in [-0.3, -0.25) is 4.98 Å². The van der Waals surface area contributed by atoms with Crippen LogP contribution in [0.3, 0.4) is 0 Å². The lowest BCUT2D eigenvalue weighted by Crippen LogP contribution is -1.98. The summed E-state index contributed by atoms with van der Waals surface area (Å²) >= 11 is 0. The summed E-state index contributed by atoms with van der Waals surface area (Å²) in [5.41, 5.74) is 7.60. The molecule has 2 aromatic rings. The zero-order valence-corrected chi connectivity index (χ0v) is 9.02. The van der Waals surface area contributed by atoms with E-state index in [9.17, 15) is 0 Å². The van der Waals surface area contributed by atoms with Gasteiger partial charge in [-0.1, -0.05) is 0 Å². The smallest absolute Gasteiger partial charge is 0.0953 e. The van der Waals surface area contributed by atoms with Gasteiger partial charge in [-0.25, -0.2) is 4.98 Å². The second-order valence-electron chi connectivity index (χ2n) is 3.10. The van der Waals surface area contributed by atoms with Crippen molar-refractivity contribution in [3.05, 3.63) is 48.3 Å². The Morgan fingerprint density at radius 1 is 1.27 bits per heavy atom. The molecule has 2 rings (SSSR count). The molecule has 4 nitrogen and oxygen atoms in total. The van der Waals surface area contributed by atoms with Crippen LogP contribution >= 0.6 is 12.4 Å². The van der Waals surface area contributed by atoms with E-state index >= 15 is 0 Å². The average Bonchev–Trinajstić information content (AvgIpc) is 2.67. The van der Waals surface area contributed by atoms with Gasteiger partial charge in [0.1, 0.15) is 0 Å². The Labute approximate surface area is 94.6 Å². The number of hydrogen-bond donors (Lipinski definition) is 1. The van der Waals surface area contributed by atoms with Crippen LogP contribution in [0.2, 0.25) is 0 Å². The molecule has 0 aliphatic heterocycles. The lowest BCUT2D eigenvalue weighted by Gasteiger charge is -2.00. The second-order valence-corrected chi connectivity index (χ2v) is 3.10. The molecule has 80 valence electrons. The van der Waals surface area contributed by atoms with Crippen LogP contribution in [0, 0.1) is 0 Å². The van der Waals surface area contributed by atoms with Crippen LogP contribution in [0.15, 0.2) is 37.1 Å². The predicted molar refractivity (Wildman–Crippen MR) is 60.7 cm³/mol. The summed E-state index contributed by atoms with van der Waals surface area (Å²) in [6, 6.07) is 3.98. The maximum atomic E-state index is 5.47. The van der Waals surface area contributed by atoms with Gasteiger partial charge in [0, 0.05) is 31.7 Å². The Bertz CT molecular complexity index is 399. The number of imidazole rings is 1. The van der Waals surface area contributed by atoms with Gasteiger partial charge in [0.05, 0.1) is 12.0 Å². The number of pyridine rings is 1. The molecule has 0 saturated carbocycles. The second kappa shape index (κ2) is 5.48. The Morgan fingerprint density at radius 2 is 2.00 bits per heavy atom. The molecule has 0 saturated heterocycles. The van der Waals surface area contributed by atoms with E-state index in [0.717, 1.165) is 12.2 Å². The fraction of sp³-hybridized carbons (Fsp3) is 0.200. The third-order valence-corrected chi connectivity index (χ3v) is 2.01. The lowest BCUT2D eigenvalue weighted by atomic mass is 10.3. The summed E-state index contributed by atoms with van der Waals surface area (Å²) in [4.78, 5) is 8.12. The fourth-order valence-corrected chi connectivity index (χ4v) is 1.30. The van der Waals surface area contributed by atoms with Crippen LogP contribution in [0.1, 0.15) is 11.3 Å². The molecular weight excluding hydrogens is 212 g/mol. The molecule has 0 aliphatic rings. The Hall–Kier alpha value is -1.39. The zero-order chi connectivity index (χ0) is 9.80. The maximum Gasteiger partial charge on any atom is 0.0953 e. The summed E-state index contributed by atoms with van der Waals surface area (Å²) in [5, 5.41) is 0. The van der Waals surface area contributed by atoms with Gasteiger partial charge in [0.2, 0.25) is 0 Å². The quantitative estimate of drug-likeness (QED) is 0.853. The van der Waals surface area contributed by atoms with Crippen LogP contribution < -0.4 is 5.73 Å². The van der Waals surface area contributed by atoms with Crippen molar-refractivity contribution in [3.8, 4) is 0 Å². The highest BCUT2D eigenvalue weighted by atomic mass is 35.5. The van der Waals surface area contributed by atoms with E-state index in [2.05, 4.69) is 9.97 Å². The van der Waals surface area contributed by atoms with Crippen LogP contribution in [-0.2, 0) is 13.1 Å². The molecule has 0 atom stereocenters. The minimum Gasteiger partial charge on any atom is -0.333 e. The molecule has 2 N–H and O–H groups in total. The molecule has 0 fully saturated rings. The maximum absolute atomic E-state index is 5.47. The molecule has 0 unspecified atom stereocenters. The van der Waals surface area contributed by atoms with E-state index in [1.54, 1.807) is 18.7 Å². The summed E-state index contributed by atoms with van der Waals surface area (Å²) < 4.78 is 2.01. The van der Waals surface area contributed by atoms with Crippen molar-refractivity contribution in [2.75, 3.05) is 0 Å². The number of hydrogen-bond acceptors (Lipinski definition) is 3. The van der Waals surface area contributed by atoms with Crippen LogP contribution in [0.5, 0.6) is 0 Å². The first-order chi connectivity index (χ1) is 6.88. The lowest BCUT2D eigenvalue weighted by molar-refractivity contribution is 0.794. The summed E-state index contributed by atoms with van der Waals surface area (Å²) in [6.45, 7) is 1.30. The third kappa shape index (κ3) is 3.04. The van der Waals surface area contributed by atoms with Crippen molar-refractivity contribution >= 4 is 12.4 Å². The Morgan fingerprint density at radius 3 is 2.60 bits per heavy atom. The largest absolute Gasteiger partial charge is 0.333 e. The predicted octanol–water partition coefficient (Wildman–Crippen LogP) is 1.21. The van der Waals surface area contributed by atoms with Crippen molar-refractivity contribution in [1.82, 2.24) is 14.5 Å². The van der Waals surface area contributed by atoms with Gasteiger partial charge in [-0.05, 0) is 17.7 Å². The Kier molecular flexibility index (Phi) is 4.27. The van der Waals surface area contributed by atoms with Crippen molar-refractivity contribution in [3.63, 3.8) is 0 Å². The van der Waals surface area contributed by atoms with Crippen LogP contribution in [0.25, 0.3) is 0 Å². The van der Waals surface area contributed by atoms with Crippen molar-refractivity contribution in [1.29, 1.82) is 0 Å². The van der Waals surface area contributed by atoms with E-state index in [4.69, 9.17) is 5.73 Å². The van der Waals surface area contributed by atoms with Gasteiger partial charge in [-0.15, -0.1) is 12.4 Å². The number of aromatic nitrogens is 3. The van der Waals surface area contributed by atoms with E-state index < -0.39 is 0 Å². The molecule has 15 heavy (non-hydrogen) atoms. The molecule has 0 spiro atoms.